The second kappa shape index (κ2) is 4.05. The Bertz CT molecular complexity index is 419. The van der Waals surface area contributed by atoms with Crippen molar-refractivity contribution in [3.63, 3.8) is 0 Å². The van der Waals surface area contributed by atoms with Gasteiger partial charge in [0.05, 0.1) is 4.92 Å². The van der Waals surface area contributed by atoms with Crippen LogP contribution in [0.5, 0.6) is 0 Å². The zero-order chi connectivity index (χ0) is 12.5. The molecule has 0 aromatic heterocycles. The number of alkyl halides is 3. The molecule has 4 nitrogen and oxygen atoms in total. The molecule has 0 spiro atoms. The number of hydrogen-bond acceptors (Lipinski definition) is 3. The van der Waals surface area contributed by atoms with E-state index in [1.807, 2.05) is 0 Å². The van der Waals surface area contributed by atoms with Crippen molar-refractivity contribution in [2.75, 3.05) is 0 Å². The number of nitro benzene ring substituents is 1. The number of nitro groups is 1. The monoisotopic (exact) mass is 238 g/mol. The minimum atomic E-state index is -4.73. The molecule has 0 radical (unpaired) electrons. The van der Waals surface area contributed by atoms with Crippen molar-refractivity contribution in [1.82, 2.24) is 0 Å². The molecule has 0 heterocycles. The lowest BCUT2D eigenvalue weighted by Crippen LogP contribution is -2.28. The minimum absolute atomic E-state index is 0.480. The Kier molecular flexibility index (Phi) is 3.13. The van der Waals surface area contributed by atoms with Gasteiger partial charge >= 0.3 is 11.9 Å². The summed E-state index contributed by atoms with van der Waals surface area (Å²) in [6.07, 6.45) is -4.73. The summed E-state index contributed by atoms with van der Waals surface area (Å²) < 4.78 is 49.4. The van der Waals surface area contributed by atoms with Crippen LogP contribution in [0.3, 0.4) is 0 Å². The summed E-state index contributed by atoms with van der Waals surface area (Å²) in [6, 6.07) is -0.542. The summed E-state index contributed by atoms with van der Waals surface area (Å²) in [4.78, 5) is 9.18. The first-order chi connectivity index (χ1) is 7.23. The van der Waals surface area contributed by atoms with E-state index in [2.05, 4.69) is 0 Å². The number of nitrogens with zero attached hydrogens (tertiary/aromatic N) is 1. The Hall–Kier alpha value is -1.70. The molecule has 0 aliphatic heterocycles. The molecule has 1 rings (SSSR count). The molecule has 1 aromatic rings. The third kappa shape index (κ3) is 2.45. The van der Waals surface area contributed by atoms with E-state index in [1.165, 1.54) is 0 Å². The molecule has 0 bridgehead atoms. The molecule has 0 amide bonds. The first kappa shape index (κ1) is 12.4. The molecule has 1 atom stereocenters. The topological polar surface area (TPSA) is 69.2 Å². The fraction of sp³-hybridized carbons (Fsp3) is 0.250. The van der Waals surface area contributed by atoms with Crippen LogP contribution in [0.1, 0.15) is 11.6 Å². The van der Waals surface area contributed by atoms with Gasteiger partial charge in [0.1, 0.15) is 6.04 Å². The van der Waals surface area contributed by atoms with Gasteiger partial charge in [0.25, 0.3) is 0 Å². The van der Waals surface area contributed by atoms with Crippen molar-refractivity contribution in [3.05, 3.63) is 39.7 Å². The van der Waals surface area contributed by atoms with Crippen LogP contribution in [-0.4, -0.2) is 11.1 Å². The van der Waals surface area contributed by atoms with E-state index in [0.717, 1.165) is 6.07 Å². The Morgan fingerprint density at radius 3 is 2.38 bits per heavy atom. The fourth-order valence-corrected chi connectivity index (χ4v) is 1.05. The number of nitrogens with two attached hydrogens (primary N) is 1. The van der Waals surface area contributed by atoms with Crippen LogP contribution in [0.4, 0.5) is 23.2 Å². The normalized spacial score (nSPS) is 13.6. The number of halogens is 4. The van der Waals surface area contributed by atoms with E-state index < -0.39 is 34.2 Å². The predicted molar refractivity (Wildman–Crippen MR) is 46.0 cm³/mol. The maximum atomic E-state index is 12.8. The quantitative estimate of drug-likeness (QED) is 0.488. The van der Waals surface area contributed by atoms with Crippen molar-refractivity contribution in [1.29, 1.82) is 0 Å². The van der Waals surface area contributed by atoms with Crippen molar-refractivity contribution >= 4 is 5.69 Å². The Morgan fingerprint density at radius 2 is 1.94 bits per heavy atom. The molecule has 0 saturated carbocycles. The average molecular weight is 238 g/mol. The van der Waals surface area contributed by atoms with Crippen LogP contribution in [0.25, 0.3) is 0 Å². The highest BCUT2D eigenvalue weighted by molar-refractivity contribution is 5.37. The van der Waals surface area contributed by atoms with Gasteiger partial charge < -0.3 is 5.73 Å². The van der Waals surface area contributed by atoms with Gasteiger partial charge in [0.15, 0.2) is 0 Å². The number of hydrogen-bond donors (Lipinski definition) is 1. The SMILES string of the molecule is N[C@@H](c1ccc(F)c([N+](=O)[O-])c1)C(F)(F)F. The van der Waals surface area contributed by atoms with Gasteiger partial charge in [-0.1, -0.05) is 6.07 Å². The molecule has 88 valence electrons. The van der Waals surface area contributed by atoms with Gasteiger partial charge in [-0.2, -0.15) is 17.6 Å². The van der Waals surface area contributed by atoms with Crippen LogP contribution in [0.15, 0.2) is 18.2 Å². The van der Waals surface area contributed by atoms with E-state index in [-0.39, 0.29) is 0 Å². The lowest BCUT2D eigenvalue weighted by atomic mass is 10.1. The van der Waals surface area contributed by atoms with Crippen molar-refractivity contribution in [2.45, 2.75) is 12.2 Å². The van der Waals surface area contributed by atoms with Gasteiger partial charge in [0.2, 0.25) is 5.82 Å². The molecule has 0 saturated heterocycles. The van der Waals surface area contributed by atoms with Gasteiger partial charge in [-0.15, -0.1) is 0 Å². The molecule has 0 unspecified atom stereocenters. The van der Waals surface area contributed by atoms with E-state index in [0.29, 0.717) is 12.1 Å². The molecule has 16 heavy (non-hydrogen) atoms. The highest BCUT2D eigenvalue weighted by Gasteiger charge is 2.38. The molecule has 1 aromatic carbocycles. The summed E-state index contributed by atoms with van der Waals surface area (Å²) in [5.74, 6) is -1.21. The van der Waals surface area contributed by atoms with E-state index >= 15 is 0 Å². The molecule has 0 aliphatic rings. The van der Waals surface area contributed by atoms with Gasteiger partial charge in [0, 0.05) is 6.07 Å². The summed E-state index contributed by atoms with van der Waals surface area (Å²) in [7, 11) is 0. The van der Waals surface area contributed by atoms with Crippen LogP contribution < -0.4 is 5.73 Å². The zero-order valence-electron chi connectivity index (χ0n) is 7.66. The standard InChI is InChI=1S/C8H6F4N2O2/c9-5-2-1-4(3-6(5)14(15)16)7(13)8(10,11)12/h1-3,7H,13H2/t7-/m0/s1. The lowest BCUT2D eigenvalue weighted by Gasteiger charge is -2.15. The van der Waals surface area contributed by atoms with Gasteiger partial charge in [-0.25, -0.2) is 0 Å². The van der Waals surface area contributed by atoms with Crippen LogP contribution in [-0.2, 0) is 0 Å². The minimum Gasteiger partial charge on any atom is -0.316 e. The largest absolute Gasteiger partial charge is 0.407 e. The summed E-state index contributed by atoms with van der Waals surface area (Å²) in [5, 5.41) is 10.3. The third-order valence-corrected chi connectivity index (χ3v) is 1.88. The summed E-state index contributed by atoms with van der Waals surface area (Å²) >= 11 is 0. The Morgan fingerprint density at radius 1 is 1.38 bits per heavy atom. The first-order valence-electron chi connectivity index (χ1n) is 3.99. The average Bonchev–Trinajstić information content (AvgIpc) is 2.15. The Balaban J connectivity index is 3.18. The summed E-state index contributed by atoms with van der Waals surface area (Å²) in [5.41, 5.74) is 3.24. The number of benzene rings is 1. The lowest BCUT2D eigenvalue weighted by molar-refractivity contribution is -0.387. The fourth-order valence-electron chi connectivity index (χ4n) is 1.05. The molecule has 0 aliphatic carbocycles. The molecule has 2 N–H and O–H groups in total. The van der Waals surface area contributed by atoms with Gasteiger partial charge in [-0.3, -0.25) is 10.1 Å². The highest BCUT2D eigenvalue weighted by atomic mass is 19.4. The molecular formula is C8H6F4N2O2. The van der Waals surface area contributed by atoms with Crippen molar-refractivity contribution < 1.29 is 22.5 Å². The second-order valence-corrected chi connectivity index (χ2v) is 2.99. The van der Waals surface area contributed by atoms with E-state index in [1.54, 1.807) is 0 Å². The molecule has 0 fully saturated rings. The summed E-state index contributed by atoms with van der Waals surface area (Å²) in [6.45, 7) is 0. The van der Waals surface area contributed by atoms with Gasteiger partial charge in [-0.05, 0) is 11.6 Å². The maximum Gasteiger partial charge on any atom is 0.407 e. The second-order valence-electron chi connectivity index (χ2n) is 2.99. The molecule has 8 heteroatoms. The van der Waals surface area contributed by atoms with Crippen LogP contribution >= 0.6 is 0 Å². The smallest absolute Gasteiger partial charge is 0.316 e. The first-order valence-corrected chi connectivity index (χ1v) is 3.99. The van der Waals surface area contributed by atoms with E-state index in [9.17, 15) is 27.7 Å². The molecular weight excluding hydrogens is 232 g/mol. The predicted octanol–water partition coefficient (Wildman–Crippen LogP) is 2.30. The Labute approximate surface area is 86.8 Å². The highest BCUT2D eigenvalue weighted by Crippen LogP contribution is 2.32. The van der Waals surface area contributed by atoms with Crippen molar-refractivity contribution in [3.8, 4) is 0 Å². The maximum absolute atomic E-state index is 12.8. The van der Waals surface area contributed by atoms with Crippen LogP contribution in [0, 0.1) is 15.9 Å². The number of rotatable bonds is 2. The van der Waals surface area contributed by atoms with Crippen LogP contribution in [0.2, 0.25) is 0 Å². The zero-order valence-corrected chi connectivity index (χ0v) is 7.66. The van der Waals surface area contributed by atoms with E-state index in [4.69, 9.17) is 5.73 Å². The third-order valence-electron chi connectivity index (χ3n) is 1.88. The van der Waals surface area contributed by atoms with Crippen molar-refractivity contribution in [2.24, 2.45) is 5.73 Å².